The van der Waals surface area contributed by atoms with Crippen molar-refractivity contribution in [3.63, 3.8) is 0 Å². The lowest BCUT2D eigenvalue weighted by molar-refractivity contribution is 0.120. The van der Waals surface area contributed by atoms with Crippen molar-refractivity contribution in [3.05, 3.63) is 82.7 Å². The fraction of sp³-hybridized carbons (Fsp3) is 0.417. The third kappa shape index (κ3) is 5.07. The van der Waals surface area contributed by atoms with Crippen LogP contribution < -0.4 is 4.72 Å². The molecule has 2 aliphatic rings. The van der Waals surface area contributed by atoms with Crippen LogP contribution in [0.15, 0.2) is 54.7 Å². The van der Waals surface area contributed by atoms with Gasteiger partial charge in [-0.05, 0) is 60.5 Å². The number of hydrogen-bond acceptors (Lipinski definition) is 6. The molecule has 5 rings (SSSR count). The van der Waals surface area contributed by atoms with E-state index in [4.69, 9.17) is 0 Å². The molecule has 1 aliphatic carbocycles. The first-order chi connectivity index (χ1) is 16.1. The first kappa shape index (κ1) is 22.4. The number of nitrogens with zero attached hydrogens (tertiary/aromatic N) is 4. The monoisotopic (exact) mass is 466 g/mol. The number of rotatable bonds is 7. The van der Waals surface area contributed by atoms with Crippen LogP contribution >= 0.6 is 0 Å². The molecule has 3 aromatic rings. The molecule has 2 heterocycles. The minimum atomic E-state index is -2.25. The van der Waals surface area contributed by atoms with E-state index in [-0.39, 0.29) is 6.04 Å². The van der Waals surface area contributed by atoms with Gasteiger partial charge in [-0.15, -0.1) is 5.10 Å². The van der Waals surface area contributed by atoms with Crippen LogP contribution in [0.4, 0.5) is 0 Å². The lowest BCUT2D eigenvalue weighted by Crippen LogP contribution is -2.32. The van der Waals surface area contributed by atoms with Gasteiger partial charge in [-0.25, -0.2) is 9.40 Å². The summed E-state index contributed by atoms with van der Waals surface area (Å²) >= 11 is -2.25. The minimum absolute atomic E-state index is 0.102. The molecule has 1 fully saturated rings. The molecule has 0 bridgehead atoms. The predicted molar refractivity (Wildman–Crippen MR) is 124 cm³/mol. The summed E-state index contributed by atoms with van der Waals surface area (Å²) in [5, 5.41) is 19.4. The van der Waals surface area contributed by atoms with E-state index >= 15 is 0 Å². The molecule has 0 spiro atoms. The van der Waals surface area contributed by atoms with Gasteiger partial charge in [0.2, 0.25) is 0 Å². The fourth-order valence-electron chi connectivity index (χ4n) is 5.09. The maximum atomic E-state index is 10.7. The van der Waals surface area contributed by atoms with Crippen LogP contribution in [0.5, 0.6) is 0 Å². The van der Waals surface area contributed by atoms with Gasteiger partial charge in [0.25, 0.3) is 0 Å². The standard InChI is InChI=1S/C24H29N5O3S/c30-24-22-7-2-1-5-20(22)13-23(24)29-16-21(26-27-29)15-28-10-8-18(9-11-28)19-6-3-4-17(12-19)14-25-33(31)32/h1-7,12,16,18,23-25,30H,8-11,13-15H2,(H,31,32)/p-1/t23-,24-/m1/s1. The molecular formula is C24H28N5O3S-. The summed E-state index contributed by atoms with van der Waals surface area (Å²) in [4.78, 5) is 2.40. The number of likely N-dealkylation sites (tertiary alicyclic amines) is 1. The summed E-state index contributed by atoms with van der Waals surface area (Å²) < 4.78 is 25.8. The molecule has 1 aromatic heterocycles. The molecule has 2 aromatic carbocycles. The highest BCUT2D eigenvalue weighted by atomic mass is 32.2. The van der Waals surface area contributed by atoms with Gasteiger partial charge in [0.15, 0.2) is 0 Å². The summed E-state index contributed by atoms with van der Waals surface area (Å²) in [5.74, 6) is 0.474. The number of aliphatic hydroxyl groups excluding tert-OH is 1. The second-order valence-corrected chi connectivity index (χ2v) is 9.71. The van der Waals surface area contributed by atoms with Crippen molar-refractivity contribution in [1.29, 1.82) is 0 Å². The quantitative estimate of drug-likeness (QED) is 0.518. The molecule has 9 heteroatoms. The molecule has 3 atom stereocenters. The summed E-state index contributed by atoms with van der Waals surface area (Å²) in [7, 11) is 0. The Kier molecular flexibility index (Phi) is 6.66. The van der Waals surface area contributed by atoms with E-state index in [1.54, 1.807) is 0 Å². The van der Waals surface area contributed by atoms with Crippen molar-refractivity contribution in [2.75, 3.05) is 13.1 Å². The van der Waals surface area contributed by atoms with Gasteiger partial charge in [0.1, 0.15) is 6.10 Å². The largest absolute Gasteiger partial charge is 0.760 e. The van der Waals surface area contributed by atoms with Crippen LogP contribution in [0, 0.1) is 0 Å². The SMILES string of the molecule is O=S([O-])NCc1cccc(C2CCN(Cc3cn([C@@H]4Cc5ccccc5[C@H]4O)nn3)CC2)c1. The second-order valence-electron chi connectivity index (χ2n) is 8.96. The Morgan fingerprint density at radius 2 is 1.97 bits per heavy atom. The third-order valence-corrected chi connectivity index (χ3v) is 7.23. The predicted octanol–water partition coefficient (Wildman–Crippen LogP) is 2.37. The van der Waals surface area contributed by atoms with Crippen LogP contribution in [-0.2, 0) is 30.8 Å². The Labute approximate surface area is 196 Å². The number of piperidine rings is 1. The molecule has 1 saturated heterocycles. The smallest absolute Gasteiger partial charge is 0.102 e. The maximum absolute atomic E-state index is 10.7. The average molecular weight is 467 g/mol. The molecule has 2 N–H and O–H groups in total. The Bertz CT molecular complexity index is 1130. The van der Waals surface area contributed by atoms with Crippen molar-refractivity contribution in [2.24, 2.45) is 0 Å². The van der Waals surface area contributed by atoms with Gasteiger partial charge in [0, 0.05) is 24.4 Å². The molecule has 8 nitrogen and oxygen atoms in total. The topological polar surface area (TPSA) is 106 Å². The normalized spacial score (nSPS) is 22.4. The Balaban J connectivity index is 1.16. The summed E-state index contributed by atoms with van der Waals surface area (Å²) in [5.41, 5.74) is 5.34. The lowest BCUT2D eigenvalue weighted by Gasteiger charge is -2.31. The number of hydrogen-bond donors (Lipinski definition) is 2. The molecule has 0 radical (unpaired) electrons. The van der Waals surface area contributed by atoms with Crippen LogP contribution in [0.3, 0.4) is 0 Å². The lowest BCUT2D eigenvalue weighted by atomic mass is 9.88. The highest BCUT2D eigenvalue weighted by molar-refractivity contribution is 7.77. The number of benzene rings is 2. The van der Waals surface area contributed by atoms with Crippen LogP contribution in [-0.4, -0.2) is 46.9 Å². The first-order valence-corrected chi connectivity index (χ1v) is 12.4. The summed E-state index contributed by atoms with van der Waals surface area (Å²) in [6.07, 6.45) is 4.29. The zero-order chi connectivity index (χ0) is 22.8. The summed E-state index contributed by atoms with van der Waals surface area (Å²) in [6, 6.07) is 16.1. The second kappa shape index (κ2) is 9.82. The first-order valence-electron chi connectivity index (χ1n) is 11.4. The van der Waals surface area contributed by atoms with Gasteiger partial charge < -0.3 is 9.66 Å². The van der Waals surface area contributed by atoms with E-state index in [0.717, 1.165) is 55.7 Å². The molecule has 174 valence electrons. The fourth-order valence-corrected chi connectivity index (χ4v) is 5.38. The van der Waals surface area contributed by atoms with E-state index in [9.17, 15) is 13.9 Å². The molecule has 1 unspecified atom stereocenters. The maximum Gasteiger partial charge on any atom is 0.102 e. The zero-order valence-electron chi connectivity index (χ0n) is 18.3. The van der Waals surface area contributed by atoms with Gasteiger partial charge >= 0.3 is 0 Å². The molecule has 33 heavy (non-hydrogen) atoms. The molecular weight excluding hydrogens is 438 g/mol. The van der Waals surface area contributed by atoms with Crippen LogP contribution in [0.1, 0.15) is 58.9 Å². The van der Waals surface area contributed by atoms with Crippen molar-refractivity contribution in [3.8, 4) is 0 Å². The number of fused-ring (bicyclic) bond motifs is 1. The van der Waals surface area contributed by atoms with Crippen molar-refractivity contribution in [1.82, 2.24) is 24.6 Å². The van der Waals surface area contributed by atoms with E-state index < -0.39 is 17.4 Å². The Morgan fingerprint density at radius 3 is 2.76 bits per heavy atom. The van der Waals surface area contributed by atoms with Gasteiger partial charge in [-0.2, -0.15) is 0 Å². The number of aromatic nitrogens is 3. The minimum Gasteiger partial charge on any atom is -0.760 e. The van der Waals surface area contributed by atoms with Crippen LogP contribution in [0.2, 0.25) is 0 Å². The zero-order valence-corrected chi connectivity index (χ0v) is 19.2. The van der Waals surface area contributed by atoms with Gasteiger partial charge in [-0.3, -0.25) is 9.11 Å². The highest BCUT2D eigenvalue weighted by Crippen LogP contribution is 2.38. The highest BCUT2D eigenvalue weighted by Gasteiger charge is 2.33. The average Bonchev–Trinajstić information content (AvgIpc) is 3.43. The van der Waals surface area contributed by atoms with E-state index in [1.807, 2.05) is 41.2 Å². The van der Waals surface area contributed by atoms with E-state index in [0.29, 0.717) is 12.5 Å². The molecule has 0 amide bonds. The van der Waals surface area contributed by atoms with E-state index in [1.165, 1.54) is 11.1 Å². The van der Waals surface area contributed by atoms with E-state index in [2.05, 4.69) is 38.1 Å². The molecule has 1 aliphatic heterocycles. The van der Waals surface area contributed by atoms with Gasteiger partial charge in [0.05, 0.1) is 17.9 Å². The third-order valence-electron chi connectivity index (χ3n) is 6.85. The van der Waals surface area contributed by atoms with Crippen molar-refractivity contribution < 1.29 is 13.9 Å². The van der Waals surface area contributed by atoms with Crippen LogP contribution in [0.25, 0.3) is 0 Å². The van der Waals surface area contributed by atoms with Crippen molar-refractivity contribution in [2.45, 2.75) is 50.4 Å². The molecule has 0 saturated carbocycles. The Morgan fingerprint density at radius 1 is 1.15 bits per heavy atom. The van der Waals surface area contributed by atoms with Gasteiger partial charge in [-0.1, -0.05) is 53.7 Å². The number of aliphatic hydroxyl groups is 1. The van der Waals surface area contributed by atoms with Crippen molar-refractivity contribution >= 4 is 11.3 Å². The summed E-state index contributed by atoms with van der Waals surface area (Å²) in [6.45, 7) is 3.02. The number of nitrogens with one attached hydrogen (secondary N) is 1. The Hall–Kier alpha value is -2.43.